The van der Waals surface area contributed by atoms with Gasteiger partial charge in [-0.3, -0.25) is 4.98 Å². The Morgan fingerprint density at radius 2 is 2.09 bits per heavy atom. The van der Waals surface area contributed by atoms with Gasteiger partial charge in [-0.2, -0.15) is 5.26 Å². The fourth-order valence-electron chi connectivity index (χ4n) is 3.33. The van der Waals surface area contributed by atoms with E-state index in [9.17, 15) is 9.65 Å². The number of rotatable bonds is 2. The van der Waals surface area contributed by atoms with Crippen LogP contribution in [-0.2, 0) is 4.74 Å². The van der Waals surface area contributed by atoms with E-state index in [0.717, 1.165) is 24.1 Å². The van der Waals surface area contributed by atoms with E-state index < -0.39 is 0 Å². The van der Waals surface area contributed by atoms with E-state index in [1.807, 2.05) is 6.92 Å². The molecule has 0 saturated carbocycles. The molecule has 1 saturated heterocycles. The van der Waals surface area contributed by atoms with Crippen molar-refractivity contribution in [2.45, 2.75) is 38.6 Å². The van der Waals surface area contributed by atoms with E-state index >= 15 is 0 Å². The number of ether oxygens (including phenoxy) is 1. The minimum Gasteiger partial charge on any atom is -0.381 e. The van der Waals surface area contributed by atoms with Gasteiger partial charge in [0.15, 0.2) is 0 Å². The van der Waals surface area contributed by atoms with E-state index in [0.29, 0.717) is 35.2 Å². The largest absolute Gasteiger partial charge is 0.381 e. The summed E-state index contributed by atoms with van der Waals surface area (Å²) in [6.45, 7) is 5.10. The molecule has 2 aromatic rings. The number of benzene rings is 1. The molecular weight excluding hydrogens is 293 g/mol. The number of hydrogen-bond acceptors (Lipinski definition) is 4. The molecule has 2 heterocycles. The van der Waals surface area contributed by atoms with Crippen molar-refractivity contribution in [1.29, 1.82) is 5.26 Å². The summed E-state index contributed by atoms with van der Waals surface area (Å²) in [6.07, 6.45) is 1.78. The van der Waals surface area contributed by atoms with Crippen LogP contribution in [0.25, 0.3) is 10.9 Å². The fraction of sp³-hybridized carbons (Fsp3) is 0.444. The molecule has 120 valence electrons. The highest BCUT2D eigenvalue weighted by Gasteiger charge is 2.24. The Balaban J connectivity index is 2.31. The minimum absolute atomic E-state index is 0.270. The molecule has 4 nitrogen and oxygen atoms in total. The van der Waals surface area contributed by atoms with Crippen molar-refractivity contribution < 1.29 is 9.13 Å². The second kappa shape index (κ2) is 6.23. The van der Waals surface area contributed by atoms with Crippen LogP contribution >= 0.6 is 0 Å². The van der Waals surface area contributed by atoms with E-state index in [1.54, 1.807) is 6.92 Å². The monoisotopic (exact) mass is 313 g/mol. The van der Waals surface area contributed by atoms with E-state index in [-0.39, 0.29) is 17.8 Å². The number of hydrogen-bond donors (Lipinski definition) is 1. The van der Waals surface area contributed by atoms with Crippen LogP contribution < -0.4 is 5.73 Å². The summed E-state index contributed by atoms with van der Waals surface area (Å²) in [4.78, 5) is 4.82. The molecule has 1 aromatic heterocycles. The lowest BCUT2D eigenvalue weighted by molar-refractivity contribution is 0.0844. The number of aromatic nitrogens is 1. The summed E-state index contributed by atoms with van der Waals surface area (Å²) in [5.41, 5.74) is 9.55. The topological polar surface area (TPSA) is 71.9 Å². The molecule has 23 heavy (non-hydrogen) atoms. The van der Waals surface area contributed by atoms with Crippen LogP contribution in [0.5, 0.6) is 0 Å². The Kier molecular flexibility index (Phi) is 4.29. The quantitative estimate of drug-likeness (QED) is 0.921. The van der Waals surface area contributed by atoms with Gasteiger partial charge < -0.3 is 10.5 Å². The number of nitrogens with zero attached hydrogens (tertiary/aromatic N) is 2. The van der Waals surface area contributed by atoms with Crippen molar-refractivity contribution >= 4 is 10.9 Å². The van der Waals surface area contributed by atoms with Crippen molar-refractivity contribution in [3.63, 3.8) is 0 Å². The van der Waals surface area contributed by atoms with Gasteiger partial charge in [-0.25, -0.2) is 4.39 Å². The van der Waals surface area contributed by atoms with Crippen LogP contribution in [0.15, 0.2) is 12.1 Å². The molecule has 1 aromatic carbocycles. The third-order valence-corrected chi connectivity index (χ3v) is 4.58. The van der Waals surface area contributed by atoms with Crippen LogP contribution in [-0.4, -0.2) is 18.2 Å². The second-order valence-corrected chi connectivity index (χ2v) is 6.18. The number of pyridine rings is 1. The molecule has 0 spiro atoms. The van der Waals surface area contributed by atoms with Gasteiger partial charge in [-0.05, 0) is 49.9 Å². The Morgan fingerprint density at radius 1 is 1.39 bits per heavy atom. The van der Waals surface area contributed by atoms with Crippen molar-refractivity contribution in [1.82, 2.24) is 4.98 Å². The standard InChI is InChI=1S/C18H20FN3O/c1-10-16(9-20)15-8-13(19)7-14(11(2)21)18(15)22-17(10)12-3-5-23-6-4-12/h7-8,11-12H,3-6,21H2,1-2H3/t11-/m1/s1. The zero-order chi connectivity index (χ0) is 16.6. The van der Waals surface area contributed by atoms with Crippen LogP contribution in [0.3, 0.4) is 0 Å². The third-order valence-electron chi connectivity index (χ3n) is 4.58. The van der Waals surface area contributed by atoms with E-state index in [4.69, 9.17) is 15.5 Å². The SMILES string of the molecule is Cc1c(C2CCOCC2)nc2c([C@@H](C)N)cc(F)cc2c1C#N. The van der Waals surface area contributed by atoms with Gasteiger partial charge >= 0.3 is 0 Å². The van der Waals surface area contributed by atoms with Gasteiger partial charge in [0.25, 0.3) is 0 Å². The number of nitriles is 1. The van der Waals surface area contributed by atoms with Gasteiger partial charge in [-0.15, -0.1) is 0 Å². The third kappa shape index (κ3) is 2.80. The smallest absolute Gasteiger partial charge is 0.124 e. The summed E-state index contributed by atoms with van der Waals surface area (Å²) in [5, 5.41) is 10.2. The van der Waals surface area contributed by atoms with Crippen molar-refractivity contribution in [2.24, 2.45) is 5.73 Å². The number of nitrogens with two attached hydrogens (primary N) is 1. The molecule has 0 aliphatic carbocycles. The van der Waals surface area contributed by atoms with Gasteiger partial charge in [-0.1, -0.05) is 0 Å². The Labute approximate surface area is 135 Å². The average molecular weight is 313 g/mol. The first-order valence-corrected chi connectivity index (χ1v) is 7.90. The zero-order valence-corrected chi connectivity index (χ0v) is 13.4. The lowest BCUT2D eigenvalue weighted by atomic mass is 9.89. The zero-order valence-electron chi connectivity index (χ0n) is 13.4. The first-order valence-electron chi connectivity index (χ1n) is 7.90. The average Bonchev–Trinajstić information content (AvgIpc) is 2.54. The maximum absolute atomic E-state index is 14.0. The normalized spacial score (nSPS) is 17.2. The van der Waals surface area contributed by atoms with E-state index in [1.165, 1.54) is 12.1 Å². The predicted octanol–water partition coefficient (Wildman–Crippen LogP) is 3.47. The predicted molar refractivity (Wildman–Crippen MR) is 86.5 cm³/mol. The Bertz CT molecular complexity index is 789. The molecule has 1 aliphatic rings. The van der Waals surface area contributed by atoms with Crippen LogP contribution in [0.1, 0.15) is 54.1 Å². The van der Waals surface area contributed by atoms with Crippen molar-refractivity contribution in [2.75, 3.05) is 13.2 Å². The minimum atomic E-state index is -0.388. The molecule has 2 N–H and O–H groups in total. The second-order valence-electron chi connectivity index (χ2n) is 6.18. The molecule has 1 aliphatic heterocycles. The lowest BCUT2D eigenvalue weighted by Crippen LogP contribution is -2.17. The van der Waals surface area contributed by atoms with Gasteiger partial charge in [0, 0.05) is 36.3 Å². The first-order chi connectivity index (χ1) is 11.0. The summed E-state index contributed by atoms with van der Waals surface area (Å²) in [5.74, 6) is -0.118. The summed E-state index contributed by atoms with van der Waals surface area (Å²) < 4.78 is 19.4. The molecule has 3 rings (SSSR count). The van der Waals surface area contributed by atoms with Crippen molar-refractivity contribution in [3.8, 4) is 6.07 Å². The highest BCUT2D eigenvalue weighted by Crippen LogP contribution is 2.34. The van der Waals surface area contributed by atoms with Gasteiger partial charge in [0.2, 0.25) is 0 Å². The highest BCUT2D eigenvalue weighted by atomic mass is 19.1. The van der Waals surface area contributed by atoms with E-state index in [2.05, 4.69) is 6.07 Å². The molecule has 1 atom stereocenters. The molecule has 0 radical (unpaired) electrons. The van der Waals surface area contributed by atoms with Crippen LogP contribution in [0.2, 0.25) is 0 Å². The first kappa shape index (κ1) is 15.9. The molecule has 0 amide bonds. The molecular formula is C18H20FN3O. The lowest BCUT2D eigenvalue weighted by Gasteiger charge is -2.24. The number of fused-ring (bicyclic) bond motifs is 1. The summed E-state index contributed by atoms with van der Waals surface area (Å²) >= 11 is 0. The van der Waals surface area contributed by atoms with Crippen LogP contribution in [0, 0.1) is 24.1 Å². The number of halogens is 1. The van der Waals surface area contributed by atoms with Crippen LogP contribution in [0.4, 0.5) is 4.39 Å². The Hall–Kier alpha value is -2.03. The molecule has 0 bridgehead atoms. The highest BCUT2D eigenvalue weighted by molar-refractivity contribution is 5.89. The molecule has 5 heteroatoms. The molecule has 0 unspecified atom stereocenters. The maximum Gasteiger partial charge on any atom is 0.124 e. The maximum atomic E-state index is 14.0. The summed E-state index contributed by atoms with van der Waals surface area (Å²) in [7, 11) is 0. The summed E-state index contributed by atoms with van der Waals surface area (Å²) in [6, 6.07) is 4.69. The van der Waals surface area contributed by atoms with Gasteiger partial charge in [0.1, 0.15) is 11.9 Å². The van der Waals surface area contributed by atoms with Crippen molar-refractivity contribution in [3.05, 3.63) is 40.3 Å². The molecule has 1 fully saturated rings. The van der Waals surface area contributed by atoms with Gasteiger partial charge in [0.05, 0.1) is 11.1 Å². The Morgan fingerprint density at radius 3 is 2.70 bits per heavy atom. The fourth-order valence-corrected chi connectivity index (χ4v) is 3.33.